The van der Waals surface area contributed by atoms with E-state index in [1.807, 2.05) is 0 Å². The Hall–Kier alpha value is -1.20. The zero-order valence-electron chi connectivity index (χ0n) is 5.98. The van der Waals surface area contributed by atoms with Crippen LogP contribution in [0.25, 0.3) is 0 Å². The minimum Gasteiger partial charge on any atom is -0.385 e. The predicted octanol–water partition coefficient (Wildman–Crippen LogP) is -2.09. The molecular formula is C7H6NO4. The number of nitrogens with two attached hydrogens (primary N) is 1. The minimum atomic E-state index is -1.52. The van der Waals surface area contributed by atoms with Gasteiger partial charge in [0.05, 0.1) is 0 Å². The summed E-state index contributed by atoms with van der Waals surface area (Å²) in [6, 6.07) is 0. The van der Waals surface area contributed by atoms with Crippen molar-refractivity contribution < 1.29 is 19.4 Å². The van der Waals surface area contributed by atoms with Crippen molar-refractivity contribution in [2.75, 3.05) is 0 Å². The fourth-order valence-electron chi connectivity index (χ4n) is 1.32. The Morgan fingerprint density at radius 3 is 3.00 bits per heavy atom. The van der Waals surface area contributed by atoms with Crippen LogP contribution >= 0.6 is 0 Å². The van der Waals surface area contributed by atoms with Crippen LogP contribution in [0.5, 0.6) is 0 Å². The van der Waals surface area contributed by atoms with Gasteiger partial charge in [0.15, 0.2) is 11.9 Å². The van der Waals surface area contributed by atoms with Crippen LogP contribution in [0.1, 0.15) is 0 Å². The third-order valence-electron chi connectivity index (χ3n) is 2.08. The van der Waals surface area contributed by atoms with Gasteiger partial charge >= 0.3 is 0 Å². The van der Waals surface area contributed by atoms with Crippen LogP contribution in [0.4, 0.5) is 0 Å². The van der Waals surface area contributed by atoms with E-state index in [1.54, 1.807) is 0 Å². The predicted molar refractivity (Wildman–Crippen MR) is 35.6 cm³/mol. The molecule has 0 bridgehead atoms. The van der Waals surface area contributed by atoms with Gasteiger partial charge in [-0.15, -0.1) is 0 Å². The van der Waals surface area contributed by atoms with Gasteiger partial charge in [-0.1, -0.05) is 0 Å². The average molecular weight is 168 g/mol. The molecule has 5 nitrogen and oxygen atoms in total. The molecule has 2 rings (SSSR count). The van der Waals surface area contributed by atoms with Gasteiger partial charge in [-0.3, -0.25) is 9.59 Å². The summed E-state index contributed by atoms with van der Waals surface area (Å²) < 4.78 is 4.78. The highest BCUT2D eigenvalue weighted by molar-refractivity contribution is 6.05. The van der Waals surface area contributed by atoms with Crippen molar-refractivity contribution in [2.45, 2.75) is 17.8 Å². The van der Waals surface area contributed by atoms with Crippen LogP contribution in [0.2, 0.25) is 0 Å². The Morgan fingerprint density at radius 1 is 1.83 bits per heavy atom. The Kier molecular flexibility index (Phi) is 1.20. The number of ether oxygens (including phenoxy) is 1. The monoisotopic (exact) mass is 168 g/mol. The lowest BCUT2D eigenvalue weighted by Crippen LogP contribution is -2.47. The number of aliphatic hydroxyl groups is 1. The van der Waals surface area contributed by atoms with E-state index in [1.165, 1.54) is 0 Å². The minimum absolute atomic E-state index is 0.376. The number of fused-ring (bicyclic) bond motifs is 1. The molecule has 0 saturated carbocycles. The SMILES string of the molecule is NC(=O)C12OC1C(=O)C=[C]C2O. The Bertz CT molecular complexity index is 294. The van der Waals surface area contributed by atoms with E-state index >= 15 is 0 Å². The van der Waals surface area contributed by atoms with Crippen molar-refractivity contribution >= 4 is 11.7 Å². The molecule has 1 radical (unpaired) electrons. The molecule has 12 heavy (non-hydrogen) atoms. The highest BCUT2D eigenvalue weighted by atomic mass is 16.6. The number of hydrogen-bond acceptors (Lipinski definition) is 4. The van der Waals surface area contributed by atoms with Gasteiger partial charge in [0.1, 0.15) is 6.10 Å². The molecule has 1 amide bonds. The number of rotatable bonds is 1. The molecule has 63 valence electrons. The molecule has 1 aliphatic carbocycles. The molecule has 2 aliphatic rings. The third-order valence-corrected chi connectivity index (χ3v) is 2.08. The first-order valence-electron chi connectivity index (χ1n) is 3.38. The third kappa shape index (κ3) is 0.645. The van der Waals surface area contributed by atoms with Crippen molar-refractivity contribution in [3.8, 4) is 0 Å². The topological polar surface area (TPSA) is 92.9 Å². The zero-order valence-corrected chi connectivity index (χ0v) is 5.98. The molecular weight excluding hydrogens is 162 g/mol. The van der Waals surface area contributed by atoms with Gasteiger partial charge < -0.3 is 15.6 Å². The molecule has 1 saturated heterocycles. The molecule has 0 spiro atoms. The van der Waals surface area contributed by atoms with E-state index in [4.69, 9.17) is 10.5 Å². The average Bonchev–Trinajstić information content (AvgIpc) is 2.73. The largest absolute Gasteiger partial charge is 0.385 e. The first-order valence-corrected chi connectivity index (χ1v) is 3.38. The second kappa shape index (κ2) is 1.94. The summed E-state index contributed by atoms with van der Waals surface area (Å²) in [6.07, 6.45) is 1.25. The number of primary amides is 1. The van der Waals surface area contributed by atoms with E-state index in [2.05, 4.69) is 6.08 Å². The van der Waals surface area contributed by atoms with E-state index in [0.717, 1.165) is 6.08 Å². The number of amides is 1. The van der Waals surface area contributed by atoms with Crippen LogP contribution in [-0.2, 0) is 14.3 Å². The molecule has 0 aromatic carbocycles. The number of carbonyl (C=O) groups is 2. The lowest BCUT2D eigenvalue weighted by atomic mass is 9.90. The molecule has 0 aromatic heterocycles. The van der Waals surface area contributed by atoms with Crippen LogP contribution in [0.15, 0.2) is 6.08 Å². The van der Waals surface area contributed by atoms with Crippen LogP contribution in [-0.4, -0.2) is 34.6 Å². The maximum atomic E-state index is 10.9. The first kappa shape index (κ1) is 7.45. The normalized spacial score (nSPS) is 43.9. The van der Waals surface area contributed by atoms with Crippen molar-refractivity contribution in [1.82, 2.24) is 0 Å². The fourth-order valence-corrected chi connectivity index (χ4v) is 1.32. The van der Waals surface area contributed by atoms with Crippen LogP contribution in [0, 0.1) is 6.08 Å². The van der Waals surface area contributed by atoms with Crippen LogP contribution < -0.4 is 5.73 Å². The molecule has 3 unspecified atom stereocenters. The first-order chi connectivity index (χ1) is 5.59. The molecule has 1 heterocycles. The second-order valence-corrected chi connectivity index (χ2v) is 2.77. The number of ketones is 1. The van der Waals surface area contributed by atoms with Crippen molar-refractivity contribution in [3.63, 3.8) is 0 Å². The summed E-state index contributed by atoms with van der Waals surface area (Å²) in [5.74, 6) is -1.20. The van der Waals surface area contributed by atoms with Gasteiger partial charge in [0.2, 0.25) is 5.60 Å². The van der Waals surface area contributed by atoms with Gasteiger partial charge in [-0.2, -0.15) is 0 Å². The number of epoxide rings is 1. The number of carbonyl (C=O) groups excluding carboxylic acids is 2. The van der Waals surface area contributed by atoms with Crippen molar-refractivity contribution in [2.24, 2.45) is 5.73 Å². The fraction of sp³-hybridized carbons (Fsp3) is 0.429. The molecule has 5 heteroatoms. The van der Waals surface area contributed by atoms with Gasteiger partial charge in [0, 0.05) is 0 Å². The smallest absolute Gasteiger partial charge is 0.256 e. The Balaban J connectivity index is 2.38. The summed E-state index contributed by atoms with van der Waals surface area (Å²) >= 11 is 0. The maximum Gasteiger partial charge on any atom is 0.256 e. The molecule has 1 fully saturated rings. The molecule has 0 aromatic rings. The Labute approximate surface area is 67.8 Å². The highest BCUT2D eigenvalue weighted by Crippen LogP contribution is 2.43. The van der Waals surface area contributed by atoms with Crippen molar-refractivity contribution in [1.29, 1.82) is 0 Å². The second-order valence-electron chi connectivity index (χ2n) is 2.77. The van der Waals surface area contributed by atoms with Crippen molar-refractivity contribution in [3.05, 3.63) is 12.2 Å². The summed E-state index contributed by atoms with van der Waals surface area (Å²) in [6.45, 7) is 0. The van der Waals surface area contributed by atoms with E-state index in [9.17, 15) is 14.7 Å². The maximum absolute atomic E-state index is 10.9. The summed E-state index contributed by atoms with van der Waals surface area (Å²) in [5.41, 5.74) is 3.44. The van der Waals surface area contributed by atoms with E-state index in [-0.39, 0.29) is 5.78 Å². The highest BCUT2D eigenvalue weighted by Gasteiger charge is 2.70. The standard InChI is InChI=1S/C7H6NO4/c8-6(11)7-4(10)2-1-3(9)5(7)12-7/h1,4-5,10H,(H2,8,11). The van der Waals surface area contributed by atoms with Crippen LogP contribution in [0.3, 0.4) is 0 Å². The van der Waals surface area contributed by atoms with E-state index in [0.29, 0.717) is 0 Å². The summed E-state index contributed by atoms with van der Waals surface area (Å²) in [7, 11) is 0. The quantitative estimate of drug-likeness (QED) is 0.439. The lowest BCUT2D eigenvalue weighted by molar-refractivity contribution is -0.127. The van der Waals surface area contributed by atoms with Gasteiger partial charge in [-0.05, 0) is 12.2 Å². The Morgan fingerprint density at radius 2 is 2.50 bits per heavy atom. The molecule has 1 aliphatic heterocycles. The number of hydrogen-bond donors (Lipinski definition) is 2. The molecule has 3 atom stereocenters. The van der Waals surface area contributed by atoms with Gasteiger partial charge in [0.25, 0.3) is 5.91 Å². The zero-order chi connectivity index (χ0) is 8.93. The molecule has 3 N–H and O–H groups in total. The summed E-state index contributed by atoms with van der Waals surface area (Å²) in [5, 5.41) is 9.24. The lowest BCUT2D eigenvalue weighted by Gasteiger charge is -2.14. The van der Waals surface area contributed by atoms with E-state index < -0.39 is 23.7 Å². The van der Waals surface area contributed by atoms with Gasteiger partial charge in [-0.25, -0.2) is 0 Å². The summed E-state index contributed by atoms with van der Waals surface area (Å²) in [4.78, 5) is 21.7. The number of aliphatic hydroxyl groups excluding tert-OH is 1.